The summed E-state index contributed by atoms with van der Waals surface area (Å²) >= 11 is 3.14. The number of fused-ring (bicyclic) bond motifs is 1. The third kappa shape index (κ3) is 4.47. The van der Waals surface area contributed by atoms with Crippen LogP contribution in [0.5, 0.6) is 0 Å². The second-order valence-corrected chi connectivity index (χ2v) is 8.23. The maximum Gasteiger partial charge on any atom is 0.230 e. The summed E-state index contributed by atoms with van der Waals surface area (Å²) in [6.07, 6.45) is 0. The van der Waals surface area contributed by atoms with Crippen LogP contribution in [0.1, 0.15) is 13.8 Å². The molecule has 1 aliphatic heterocycles. The number of nitrogens with one attached hydrogen (secondary N) is 1. The Morgan fingerprint density at radius 2 is 2.12 bits per heavy atom. The van der Waals surface area contributed by atoms with E-state index in [1.54, 1.807) is 11.3 Å². The van der Waals surface area contributed by atoms with Crippen molar-refractivity contribution in [2.45, 2.75) is 30.3 Å². The quantitative estimate of drug-likeness (QED) is 0.798. The first-order valence-electron chi connectivity index (χ1n) is 8.23. The van der Waals surface area contributed by atoms with E-state index >= 15 is 0 Å². The van der Waals surface area contributed by atoms with Crippen LogP contribution in [0.4, 0.5) is 0 Å². The first-order chi connectivity index (χ1) is 11.6. The monoisotopic (exact) mass is 365 g/mol. The highest BCUT2D eigenvalue weighted by Crippen LogP contribution is 2.29. The molecule has 130 valence electrons. The highest BCUT2D eigenvalue weighted by atomic mass is 32.2. The fourth-order valence-corrected chi connectivity index (χ4v) is 4.64. The van der Waals surface area contributed by atoms with Crippen LogP contribution in [0.25, 0.3) is 10.2 Å². The molecule has 0 aliphatic carbocycles. The van der Waals surface area contributed by atoms with Gasteiger partial charge in [0.25, 0.3) is 0 Å². The van der Waals surface area contributed by atoms with Gasteiger partial charge in [-0.1, -0.05) is 23.9 Å². The van der Waals surface area contributed by atoms with Crippen LogP contribution in [0.15, 0.2) is 28.6 Å². The molecule has 1 aromatic carbocycles. The Kier molecular flexibility index (Phi) is 6.10. The Morgan fingerprint density at radius 3 is 2.88 bits per heavy atom. The molecule has 1 aromatic heterocycles. The number of benzene rings is 1. The molecule has 3 rings (SSSR count). The Bertz CT molecular complexity index is 652. The second-order valence-electron chi connectivity index (χ2n) is 5.98. The van der Waals surface area contributed by atoms with Crippen molar-refractivity contribution in [1.29, 1.82) is 0 Å². The van der Waals surface area contributed by atoms with Crippen LogP contribution in [-0.2, 0) is 9.53 Å². The number of thiazole rings is 1. The smallest absolute Gasteiger partial charge is 0.230 e. The van der Waals surface area contributed by atoms with Crippen molar-refractivity contribution in [1.82, 2.24) is 15.2 Å². The molecule has 7 heteroatoms. The van der Waals surface area contributed by atoms with Crippen LogP contribution < -0.4 is 5.32 Å². The molecular formula is C17H23N3O2S2. The Morgan fingerprint density at radius 1 is 1.38 bits per heavy atom. The Balaban J connectivity index is 1.47. The molecule has 0 bridgehead atoms. The number of hydrogen-bond donors (Lipinski definition) is 1. The van der Waals surface area contributed by atoms with Gasteiger partial charge in [-0.2, -0.15) is 0 Å². The van der Waals surface area contributed by atoms with Gasteiger partial charge in [0.2, 0.25) is 5.91 Å². The number of carbonyl (C=O) groups is 1. The first-order valence-corrected chi connectivity index (χ1v) is 10.0. The molecule has 1 amide bonds. The highest BCUT2D eigenvalue weighted by Gasteiger charge is 2.23. The van der Waals surface area contributed by atoms with Gasteiger partial charge in [-0.05, 0) is 26.0 Å². The molecule has 1 saturated heterocycles. The maximum absolute atomic E-state index is 12.2. The van der Waals surface area contributed by atoms with E-state index in [1.165, 1.54) is 11.8 Å². The van der Waals surface area contributed by atoms with Crippen LogP contribution >= 0.6 is 23.1 Å². The zero-order chi connectivity index (χ0) is 16.9. The summed E-state index contributed by atoms with van der Waals surface area (Å²) in [6.45, 7) is 7.65. The summed E-state index contributed by atoms with van der Waals surface area (Å²) in [6, 6.07) is 8.48. The molecular weight excluding hydrogens is 342 g/mol. The lowest BCUT2D eigenvalue weighted by Crippen LogP contribution is -2.52. The lowest BCUT2D eigenvalue weighted by Gasteiger charge is -2.35. The topological polar surface area (TPSA) is 54.5 Å². The summed E-state index contributed by atoms with van der Waals surface area (Å²) in [5.74, 6) is 0.465. The van der Waals surface area contributed by atoms with Crippen molar-refractivity contribution in [2.24, 2.45) is 0 Å². The average Bonchev–Trinajstić information content (AvgIpc) is 3.03. The summed E-state index contributed by atoms with van der Waals surface area (Å²) in [5, 5.41) is 3.12. The molecule has 1 fully saturated rings. The Hall–Kier alpha value is -1.15. The van der Waals surface area contributed by atoms with Crippen molar-refractivity contribution in [3.8, 4) is 0 Å². The molecule has 1 N–H and O–H groups in total. The van der Waals surface area contributed by atoms with Gasteiger partial charge in [-0.3, -0.25) is 9.69 Å². The highest BCUT2D eigenvalue weighted by molar-refractivity contribution is 8.01. The fourth-order valence-electron chi connectivity index (χ4n) is 2.76. The molecule has 24 heavy (non-hydrogen) atoms. The number of hydrogen-bond acceptors (Lipinski definition) is 6. The summed E-state index contributed by atoms with van der Waals surface area (Å²) in [4.78, 5) is 19.2. The van der Waals surface area contributed by atoms with Crippen LogP contribution in [-0.4, -0.2) is 59.9 Å². The fraction of sp³-hybridized carbons (Fsp3) is 0.529. The van der Waals surface area contributed by atoms with Gasteiger partial charge < -0.3 is 10.1 Å². The van der Waals surface area contributed by atoms with Gasteiger partial charge in [0.1, 0.15) is 0 Å². The van der Waals surface area contributed by atoms with Crippen molar-refractivity contribution >= 4 is 39.2 Å². The van der Waals surface area contributed by atoms with E-state index in [0.717, 1.165) is 40.9 Å². The minimum atomic E-state index is 0.0619. The summed E-state index contributed by atoms with van der Waals surface area (Å²) in [7, 11) is 0. The molecule has 0 spiro atoms. The van der Waals surface area contributed by atoms with Gasteiger partial charge in [0, 0.05) is 25.2 Å². The van der Waals surface area contributed by atoms with E-state index in [0.29, 0.717) is 11.8 Å². The standard InChI is InChI=1S/C17H23N3O2S2/c1-12(13(2)20-7-9-22-10-8-20)18-16(21)11-23-17-19-14-5-3-4-6-15(14)24-17/h3-6,12-13H,7-11H2,1-2H3,(H,18,21). The number of nitrogens with zero attached hydrogens (tertiary/aromatic N) is 2. The van der Waals surface area contributed by atoms with Crippen molar-refractivity contribution < 1.29 is 9.53 Å². The predicted octanol–water partition coefficient (Wildman–Crippen LogP) is 2.61. The molecule has 0 radical (unpaired) electrons. The van der Waals surface area contributed by atoms with E-state index in [-0.39, 0.29) is 11.9 Å². The van der Waals surface area contributed by atoms with Crippen molar-refractivity contribution in [2.75, 3.05) is 32.1 Å². The number of thioether (sulfide) groups is 1. The molecule has 1 aliphatic rings. The molecule has 2 unspecified atom stereocenters. The number of ether oxygens (including phenoxy) is 1. The number of amides is 1. The van der Waals surface area contributed by atoms with Gasteiger partial charge in [-0.15, -0.1) is 11.3 Å². The number of para-hydroxylation sites is 1. The van der Waals surface area contributed by atoms with Gasteiger partial charge in [-0.25, -0.2) is 4.98 Å². The summed E-state index contributed by atoms with van der Waals surface area (Å²) < 4.78 is 7.49. The SMILES string of the molecule is CC(NC(=O)CSc1nc2ccccc2s1)C(C)N1CCOCC1. The number of rotatable bonds is 6. The summed E-state index contributed by atoms with van der Waals surface area (Å²) in [5.41, 5.74) is 1.000. The molecule has 2 atom stereocenters. The van der Waals surface area contributed by atoms with Gasteiger partial charge >= 0.3 is 0 Å². The second kappa shape index (κ2) is 8.29. The van der Waals surface area contributed by atoms with Crippen LogP contribution in [0, 0.1) is 0 Å². The third-order valence-electron chi connectivity index (χ3n) is 4.33. The first kappa shape index (κ1) is 17.7. The molecule has 5 nitrogen and oxygen atoms in total. The largest absolute Gasteiger partial charge is 0.379 e. The Labute approximate surface area is 150 Å². The van der Waals surface area contributed by atoms with E-state index < -0.39 is 0 Å². The number of carbonyl (C=O) groups excluding carboxylic acids is 1. The number of morpholine rings is 1. The van der Waals surface area contributed by atoms with E-state index in [1.807, 2.05) is 18.2 Å². The van der Waals surface area contributed by atoms with E-state index in [2.05, 4.69) is 35.1 Å². The lowest BCUT2D eigenvalue weighted by molar-refractivity contribution is -0.119. The van der Waals surface area contributed by atoms with Crippen molar-refractivity contribution in [3.63, 3.8) is 0 Å². The minimum absolute atomic E-state index is 0.0619. The molecule has 2 heterocycles. The van der Waals surface area contributed by atoms with Gasteiger partial charge in [0.15, 0.2) is 4.34 Å². The van der Waals surface area contributed by atoms with E-state index in [9.17, 15) is 4.79 Å². The molecule has 0 saturated carbocycles. The third-order valence-corrected chi connectivity index (χ3v) is 6.51. The van der Waals surface area contributed by atoms with Crippen LogP contribution in [0.2, 0.25) is 0 Å². The maximum atomic E-state index is 12.2. The van der Waals surface area contributed by atoms with Crippen LogP contribution in [0.3, 0.4) is 0 Å². The van der Waals surface area contributed by atoms with E-state index in [4.69, 9.17) is 4.74 Å². The van der Waals surface area contributed by atoms with Gasteiger partial charge in [0.05, 0.1) is 29.2 Å². The minimum Gasteiger partial charge on any atom is -0.379 e. The van der Waals surface area contributed by atoms with Crippen molar-refractivity contribution in [3.05, 3.63) is 24.3 Å². The predicted molar refractivity (Wildman–Crippen MR) is 99.8 cm³/mol. The zero-order valence-corrected chi connectivity index (χ0v) is 15.7. The average molecular weight is 366 g/mol. The number of aromatic nitrogens is 1. The zero-order valence-electron chi connectivity index (χ0n) is 14.0. The normalized spacial score (nSPS) is 18.4. The lowest BCUT2D eigenvalue weighted by atomic mass is 10.1. The molecule has 2 aromatic rings.